The summed E-state index contributed by atoms with van der Waals surface area (Å²) in [6, 6.07) is 0. The number of carbonyl (C=O) groups is 2. The third kappa shape index (κ3) is 4.34. The van der Waals surface area contributed by atoms with Gasteiger partial charge in [0, 0.05) is 29.1 Å². The van der Waals surface area contributed by atoms with Gasteiger partial charge in [0.15, 0.2) is 11.5 Å². The van der Waals surface area contributed by atoms with Crippen LogP contribution in [0.3, 0.4) is 0 Å². The van der Waals surface area contributed by atoms with Crippen LogP contribution in [-0.2, 0) is 20.5 Å². The largest absolute Gasteiger partial charge is 0.452 e. The summed E-state index contributed by atoms with van der Waals surface area (Å²) in [7, 11) is 0. The van der Waals surface area contributed by atoms with E-state index >= 15 is 4.39 Å². The summed E-state index contributed by atoms with van der Waals surface area (Å²) in [6.45, 7) is 1.40. The molecule has 15 heteroatoms. The molecule has 3 unspecified atom stereocenters. The van der Waals surface area contributed by atoms with Crippen LogP contribution in [0.25, 0.3) is 27.8 Å². The lowest BCUT2D eigenvalue weighted by Gasteiger charge is -2.20. The van der Waals surface area contributed by atoms with Crippen molar-refractivity contribution in [3.63, 3.8) is 0 Å². The Morgan fingerprint density at radius 1 is 1.32 bits per heavy atom. The molecule has 3 heterocycles. The maximum absolute atomic E-state index is 15.4. The summed E-state index contributed by atoms with van der Waals surface area (Å²) in [5.41, 5.74) is 3.21. The highest BCUT2D eigenvalue weighted by Gasteiger charge is 2.43. The maximum Gasteiger partial charge on any atom is 0.419 e. The minimum absolute atomic E-state index is 0.0123. The molecule has 1 saturated carbocycles. The molecule has 1 amide bonds. The highest BCUT2D eigenvalue weighted by molar-refractivity contribution is 6.37. The molecule has 1 fully saturated rings. The van der Waals surface area contributed by atoms with Crippen LogP contribution in [0.1, 0.15) is 30.4 Å². The second-order valence-electron chi connectivity index (χ2n) is 8.58. The number of rotatable bonds is 5. The third-order valence-electron chi connectivity index (χ3n) is 5.95. The van der Waals surface area contributed by atoms with Crippen molar-refractivity contribution in [2.75, 3.05) is 11.9 Å². The van der Waals surface area contributed by atoms with Gasteiger partial charge in [-0.15, -0.1) is 0 Å². The normalized spacial score (nSPS) is 18.2. The average Bonchev–Trinajstić information content (AvgIpc) is 3.20. The van der Waals surface area contributed by atoms with Crippen LogP contribution in [0.4, 0.5) is 27.8 Å². The number of anilines is 1. The first kappa shape index (κ1) is 24.5. The van der Waals surface area contributed by atoms with Crippen LogP contribution in [0.2, 0.25) is 0 Å². The van der Waals surface area contributed by atoms with E-state index in [0.29, 0.717) is 0 Å². The lowest BCUT2D eigenvalue weighted by molar-refractivity contribution is -0.154. The molecule has 1 aromatic carbocycles. The first-order valence-electron chi connectivity index (χ1n) is 11.0. The summed E-state index contributed by atoms with van der Waals surface area (Å²) in [4.78, 5) is 31.8. The minimum Gasteiger partial charge on any atom is -0.452 e. The van der Waals surface area contributed by atoms with E-state index < -0.39 is 53.2 Å². The molecule has 5 rings (SSSR count). The van der Waals surface area contributed by atoms with Crippen molar-refractivity contribution in [1.82, 2.24) is 24.6 Å². The summed E-state index contributed by atoms with van der Waals surface area (Å²) in [6.07, 6.45) is -2.71. The Hall–Kier alpha value is -4.14. The van der Waals surface area contributed by atoms with Crippen LogP contribution in [0.15, 0.2) is 24.8 Å². The van der Waals surface area contributed by atoms with E-state index in [2.05, 4.69) is 30.2 Å². The molecule has 0 bridgehead atoms. The number of ether oxygens (including phenoxy) is 1. The fraction of sp³-hybridized carbons (Fsp3) is 0.318. The van der Waals surface area contributed by atoms with E-state index in [9.17, 15) is 27.2 Å². The van der Waals surface area contributed by atoms with Crippen LogP contribution < -0.4 is 11.1 Å². The van der Waals surface area contributed by atoms with Crippen LogP contribution in [0, 0.1) is 5.82 Å². The molecule has 4 aromatic rings. The van der Waals surface area contributed by atoms with Gasteiger partial charge in [0.2, 0.25) is 0 Å². The fourth-order valence-corrected chi connectivity index (χ4v) is 3.99. The van der Waals surface area contributed by atoms with Crippen LogP contribution in [0.5, 0.6) is 0 Å². The second-order valence-corrected chi connectivity index (χ2v) is 8.58. The van der Waals surface area contributed by atoms with Gasteiger partial charge >= 0.3 is 18.1 Å². The van der Waals surface area contributed by atoms with Gasteiger partial charge in [-0.2, -0.15) is 18.3 Å². The molecule has 0 spiro atoms. The third-order valence-corrected chi connectivity index (χ3v) is 5.95. The number of aromatic nitrogens is 5. The first-order chi connectivity index (χ1) is 17.5. The SMILES string of the molecule is CC(CN)c1c(F)c(C(F)(F)F)c(-c2cn3cc(NC(=O)C(=O)OC4CC4F)nc3cn2)c2cn[nH]c12. The number of nitrogens with zero attached hydrogens (tertiary/aromatic N) is 4. The molecular weight excluding hydrogens is 505 g/mol. The predicted molar refractivity (Wildman–Crippen MR) is 119 cm³/mol. The predicted octanol–water partition coefficient (Wildman–Crippen LogP) is 3.08. The molecule has 3 aromatic heterocycles. The summed E-state index contributed by atoms with van der Waals surface area (Å²) < 4.78 is 76.7. The van der Waals surface area contributed by atoms with Crippen molar-refractivity contribution < 1.29 is 36.3 Å². The summed E-state index contributed by atoms with van der Waals surface area (Å²) in [5, 5.41) is 8.52. The molecule has 1 aliphatic carbocycles. The number of amides is 1. The van der Waals surface area contributed by atoms with Gasteiger partial charge in [0.25, 0.3) is 0 Å². The highest BCUT2D eigenvalue weighted by atomic mass is 19.4. The smallest absolute Gasteiger partial charge is 0.419 e. The van der Waals surface area contributed by atoms with E-state index in [1.165, 1.54) is 17.5 Å². The molecule has 4 N–H and O–H groups in total. The van der Waals surface area contributed by atoms with Crippen molar-refractivity contribution >= 4 is 34.2 Å². The standard InChI is InChI=1S/C22H18F5N7O3/c1-8(3-28)15-18(24)17(22(25,26)27)16(9-4-30-33-19(9)15)11-6-34-7-13(31-14(34)5-29-11)32-20(35)21(36)37-12-2-10(12)23/h4-8,10,12H,2-3,28H2,1H3,(H,30,33)(H,32,35). The zero-order valence-corrected chi connectivity index (χ0v) is 18.9. The number of hydrogen-bond donors (Lipinski definition) is 3. The van der Waals surface area contributed by atoms with E-state index in [0.717, 1.165) is 18.6 Å². The number of imidazole rings is 1. The number of alkyl halides is 4. The number of nitrogens with two attached hydrogens (primary N) is 1. The highest BCUT2D eigenvalue weighted by Crippen LogP contribution is 2.45. The average molecular weight is 523 g/mol. The van der Waals surface area contributed by atoms with Crippen molar-refractivity contribution in [2.45, 2.75) is 37.7 Å². The molecule has 37 heavy (non-hydrogen) atoms. The molecule has 10 nitrogen and oxygen atoms in total. The Balaban J connectivity index is 1.57. The first-order valence-corrected chi connectivity index (χ1v) is 11.0. The fourth-order valence-electron chi connectivity index (χ4n) is 3.99. The zero-order chi connectivity index (χ0) is 26.6. The number of aromatic amines is 1. The van der Waals surface area contributed by atoms with Crippen molar-refractivity contribution in [1.29, 1.82) is 0 Å². The van der Waals surface area contributed by atoms with Gasteiger partial charge in [-0.3, -0.25) is 20.2 Å². The lowest BCUT2D eigenvalue weighted by atomic mass is 9.90. The molecule has 1 aliphatic rings. The number of hydrogen-bond acceptors (Lipinski definition) is 7. The Labute approximate surface area is 204 Å². The van der Waals surface area contributed by atoms with Crippen molar-refractivity contribution in [3.05, 3.63) is 41.7 Å². The molecule has 0 saturated heterocycles. The van der Waals surface area contributed by atoms with Crippen molar-refractivity contribution in [2.24, 2.45) is 5.73 Å². The van der Waals surface area contributed by atoms with Gasteiger partial charge < -0.3 is 14.9 Å². The molecule has 3 atom stereocenters. The molecule has 0 radical (unpaired) electrons. The topological polar surface area (TPSA) is 140 Å². The maximum atomic E-state index is 15.4. The van der Waals surface area contributed by atoms with E-state index in [4.69, 9.17) is 5.73 Å². The lowest BCUT2D eigenvalue weighted by Crippen LogP contribution is -2.26. The molecule has 194 valence electrons. The Kier molecular flexibility index (Phi) is 5.81. The van der Waals surface area contributed by atoms with Crippen LogP contribution in [-0.4, -0.2) is 55.3 Å². The number of carbonyl (C=O) groups excluding carboxylic acids is 2. The van der Waals surface area contributed by atoms with Crippen LogP contribution >= 0.6 is 0 Å². The number of esters is 1. The Morgan fingerprint density at radius 2 is 2.05 bits per heavy atom. The minimum atomic E-state index is -5.08. The Bertz CT molecular complexity index is 1550. The summed E-state index contributed by atoms with van der Waals surface area (Å²) >= 11 is 0. The number of H-pyrrole nitrogens is 1. The number of fused-ring (bicyclic) bond motifs is 2. The van der Waals surface area contributed by atoms with E-state index in [1.807, 2.05) is 0 Å². The van der Waals surface area contributed by atoms with Gasteiger partial charge in [-0.05, 0) is 12.5 Å². The second kappa shape index (κ2) is 8.76. The zero-order valence-electron chi connectivity index (χ0n) is 18.9. The summed E-state index contributed by atoms with van der Waals surface area (Å²) in [5.74, 6) is -4.88. The van der Waals surface area contributed by atoms with E-state index in [1.54, 1.807) is 0 Å². The monoisotopic (exact) mass is 523 g/mol. The van der Waals surface area contributed by atoms with Gasteiger partial charge in [0.1, 0.15) is 23.7 Å². The number of halogens is 5. The van der Waals surface area contributed by atoms with Crippen molar-refractivity contribution in [3.8, 4) is 11.3 Å². The van der Waals surface area contributed by atoms with Gasteiger partial charge in [0.05, 0.1) is 29.8 Å². The van der Waals surface area contributed by atoms with E-state index in [-0.39, 0.29) is 46.6 Å². The quantitative estimate of drug-likeness (QED) is 0.207. The molecule has 0 aliphatic heterocycles. The number of benzene rings is 1. The van der Waals surface area contributed by atoms with Gasteiger partial charge in [-0.1, -0.05) is 6.92 Å². The number of nitrogens with one attached hydrogen (secondary N) is 2. The Morgan fingerprint density at radius 3 is 2.70 bits per heavy atom. The molecular formula is C22H18F5N7O3. The van der Waals surface area contributed by atoms with Gasteiger partial charge in [-0.25, -0.2) is 18.6 Å².